The maximum Gasteiger partial charge on any atom is 0.222 e. The van der Waals surface area contributed by atoms with E-state index in [9.17, 15) is 0 Å². The molecule has 102 valence electrons. The molecule has 2 N–H and O–H groups in total. The third-order valence-electron chi connectivity index (χ3n) is 2.42. The van der Waals surface area contributed by atoms with E-state index in [-0.39, 0.29) is 0 Å². The van der Waals surface area contributed by atoms with Gasteiger partial charge in [-0.2, -0.15) is 0 Å². The molecule has 2 rings (SSSR count). The summed E-state index contributed by atoms with van der Waals surface area (Å²) < 4.78 is 7.47. The van der Waals surface area contributed by atoms with Gasteiger partial charge >= 0.3 is 0 Å². The zero-order valence-electron chi connectivity index (χ0n) is 10.5. The maximum absolute atomic E-state index is 5.81. The molecule has 0 unspecified atom stereocenters. The molecular formula is C12H15ClN4OS. The summed E-state index contributed by atoms with van der Waals surface area (Å²) in [5.74, 6) is 2.12. The molecule has 0 fully saturated rings. The molecule has 0 spiro atoms. The van der Waals surface area contributed by atoms with E-state index in [1.54, 1.807) is 23.9 Å². The molecule has 0 aliphatic rings. The third kappa shape index (κ3) is 3.78. The SMILES string of the molecule is CCSc1nnc(N)n1CCOc1ccc(Cl)cc1. The van der Waals surface area contributed by atoms with Crippen LogP contribution in [0.1, 0.15) is 6.92 Å². The Morgan fingerprint density at radius 1 is 1.32 bits per heavy atom. The van der Waals surface area contributed by atoms with Gasteiger partial charge < -0.3 is 10.5 Å². The average Bonchev–Trinajstić information content (AvgIpc) is 2.74. The minimum atomic E-state index is 0.413. The number of nitrogens with two attached hydrogens (primary N) is 1. The van der Waals surface area contributed by atoms with Crippen molar-refractivity contribution in [2.45, 2.75) is 18.6 Å². The second-order valence-electron chi connectivity index (χ2n) is 3.73. The van der Waals surface area contributed by atoms with Crippen LogP contribution in [0.25, 0.3) is 0 Å². The van der Waals surface area contributed by atoms with E-state index in [0.29, 0.717) is 24.1 Å². The first kappa shape index (κ1) is 14.0. The molecule has 0 amide bonds. The number of nitrogen functional groups attached to an aromatic ring is 1. The molecule has 1 heterocycles. The highest BCUT2D eigenvalue weighted by molar-refractivity contribution is 7.99. The summed E-state index contributed by atoms with van der Waals surface area (Å²) in [7, 11) is 0. The minimum Gasteiger partial charge on any atom is -0.492 e. The lowest BCUT2D eigenvalue weighted by Gasteiger charge is -2.09. The Labute approximate surface area is 121 Å². The van der Waals surface area contributed by atoms with Gasteiger partial charge in [-0.15, -0.1) is 10.2 Å². The molecule has 0 atom stereocenters. The van der Waals surface area contributed by atoms with Crippen LogP contribution in [0, 0.1) is 0 Å². The van der Waals surface area contributed by atoms with Crippen molar-refractivity contribution in [3.8, 4) is 5.75 Å². The van der Waals surface area contributed by atoms with Gasteiger partial charge in [0, 0.05) is 5.02 Å². The molecule has 0 aliphatic heterocycles. The highest BCUT2D eigenvalue weighted by Gasteiger charge is 2.08. The lowest BCUT2D eigenvalue weighted by atomic mass is 10.3. The fraction of sp³-hybridized carbons (Fsp3) is 0.333. The number of benzene rings is 1. The molecule has 1 aromatic carbocycles. The molecule has 0 saturated heterocycles. The van der Waals surface area contributed by atoms with Crippen LogP contribution in [0.15, 0.2) is 29.4 Å². The Morgan fingerprint density at radius 2 is 2.05 bits per heavy atom. The van der Waals surface area contributed by atoms with Gasteiger partial charge in [-0.3, -0.25) is 4.57 Å². The summed E-state index contributed by atoms with van der Waals surface area (Å²) in [5, 5.41) is 9.40. The molecule has 0 radical (unpaired) electrons. The fourth-order valence-electron chi connectivity index (χ4n) is 1.53. The van der Waals surface area contributed by atoms with Crippen LogP contribution in [-0.4, -0.2) is 27.1 Å². The van der Waals surface area contributed by atoms with Gasteiger partial charge in [0.2, 0.25) is 5.95 Å². The Kier molecular flexibility index (Phi) is 4.93. The van der Waals surface area contributed by atoms with E-state index in [1.165, 1.54) is 0 Å². The van der Waals surface area contributed by atoms with Crippen LogP contribution >= 0.6 is 23.4 Å². The number of nitrogens with zero attached hydrogens (tertiary/aromatic N) is 3. The first-order chi connectivity index (χ1) is 9.20. The highest BCUT2D eigenvalue weighted by Crippen LogP contribution is 2.18. The molecule has 1 aromatic heterocycles. The van der Waals surface area contributed by atoms with Crippen LogP contribution in [0.4, 0.5) is 5.95 Å². The molecule has 0 bridgehead atoms. The number of anilines is 1. The van der Waals surface area contributed by atoms with Crippen molar-refractivity contribution in [1.29, 1.82) is 0 Å². The van der Waals surface area contributed by atoms with Gasteiger partial charge in [-0.25, -0.2) is 0 Å². The topological polar surface area (TPSA) is 66.0 Å². The molecule has 2 aromatic rings. The lowest BCUT2D eigenvalue weighted by molar-refractivity contribution is 0.294. The van der Waals surface area contributed by atoms with Gasteiger partial charge in [-0.1, -0.05) is 30.3 Å². The third-order valence-corrected chi connectivity index (χ3v) is 3.52. The Hall–Kier alpha value is -1.40. The van der Waals surface area contributed by atoms with Crippen molar-refractivity contribution in [2.24, 2.45) is 0 Å². The second kappa shape index (κ2) is 6.68. The van der Waals surface area contributed by atoms with Gasteiger partial charge in [0.05, 0.1) is 6.54 Å². The summed E-state index contributed by atoms with van der Waals surface area (Å²) >= 11 is 7.42. The maximum atomic E-state index is 5.81. The van der Waals surface area contributed by atoms with Crippen molar-refractivity contribution >= 4 is 29.3 Å². The van der Waals surface area contributed by atoms with E-state index >= 15 is 0 Å². The van der Waals surface area contributed by atoms with E-state index in [4.69, 9.17) is 22.1 Å². The number of halogens is 1. The van der Waals surface area contributed by atoms with Crippen molar-refractivity contribution in [2.75, 3.05) is 18.1 Å². The molecule has 0 saturated carbocycles. The van der Waals surface area contributed by atoms with Gasteiger partial charge in [0.25, 0.3) is 0 Å². The molecule has 19 heavy (non-hydrogen) atoms. The van der Waals surface area contributed by atoms with Gasteiger partial charge in [-0.05, 0) is 30.0 Å². The van der Waals surface area contributed by atoms with Crippen molar-refractivity contribution in [3.05, 3.63) is 29.3 Å². The largest absolute Gasteiger partial charge is 0.492 e. The van der Waals surface area contributed by atoms with Gasteiger partial charge in [0.15, 0.2) is 5.16 Å². The number of aromatic nitrogens is 3. The first-order valence-electron chi connectivity index (χ1n) is 5.90. The summed E-state index contributed by atoms with van der Waals surface area (Å²) in [6.45, 7) is 3.18. The molecule has 5 nitrogen and oxygen atoms in total. The quantitative estimate of drug-likeness (QED) is 0.831. The van der Waals surface area contributed by atoms with Gasteiger partial charge in [0.1, 0.15) is 12.4 Å². The van der Waals surface area contributed by atoms with E-state index in [1.807, 2.05) is 16.7 Å². The fourth-order valence-corrected chi connectivity index (χ4v) is 2.36. The predicted molar refractivity (Wildman–Crippen MR) is 77.8 cm³/mol. The number of hydrogen-bond donors (Lipinski definition) is 1. The minimum absolute atomic E-state index is 0.413. The predicted octanol–water partition coefficient (Wildman–Crippen LogP) is 2.70. The molecular weight excluding hydrogens is 284 g/mol. The molecule has 7 heteroatoms. The summed E-state index contributed by atoms with van der Waals surface area (Å²) in [5.41, 5.74) is 5.77. The monoisotopic (exact) mass is 298 g/mol. The van der Waals surface area contributed by atoms with E-state index in [0.717, 1.165) is 16.7 Å². The highest BCUT2D eigenvalue weighted by atomic mass is 35.5. The number of rotatable bonds is 6. The average molecular weight is 299 g/mol. The number of thioether (sulfide) groups is 1. The standard InChI is InChI=1S/C12H15ClN4OS/c1-2-19-12-16-15-11(14)17(12)7-8-18-10-5-3-9(13)4-6-10/h3-6H,2,7-8H2,1H3,(H2,14,15). The van der Waals surface area contributed by atoms with Crippen molar-refractivity contribution in [3.63, 3.8) is 0 Å². The van der Waals surface area contributed by atoms with Crippen LogP contribution < -0.4 is 10.5 Å². The summed E-state index contributed by atoms with van der Waals surface area (Å²) in [4.78, 5) is 0. The smallest absolute Gasteiger partial charge is 0.222 e. The lowest BCUT2D eigenvalue weighted by Crippen LogP contribution is -2.11. The first-order valence-corrected chi connectivity index (χ1v) is 7.27. The van der Waals surface area contributed by atoms with Crippen molar-refractivity contribution < 1.29 is 4.74 Å². The second-order valence-corrected chi connectivity index (χ2v) is 5.40. The van der Waals surface area contributed by atoms with E-state index < -0.39 is 0 Å². The number of ether oxygens (including phenoxy) is 1. The van der Waals surface area contributed by atoms with Crippen molar-refractivity contribution in [1.82, 2.24) is 14.8 Å². The van der Waals surface area contributed by atoms with Crippen LogP contribution in [0.3, 0.4) is 0 Å². The van der Waals surface area contributed by atoms with Crippen LogP contribution in [0.5, 0.6) is 5.75 Å². The normalized spacial score (nSPS) is 10.6. The van der Waals surface area contributed by atoms with Crippen LogP contribution in [0.2, 0.25) is 5.02 Å². The summed E-state index contributed by atoms with van der Waals surface area (Å²) in [6, 6.07) is 7.25. The Balaban J connectivity index is 1.92. The zero-order valence-corrected chi connectivity index (χ0v) is 12.1. The Morgan fingerprint density at radius 3 is 2.74 bits per heavy atom. The zero-order chi connectivity index (χ0) is 13.7. The van der Waals surface area contributed by atoms with E-state index in [2.05, 4.69) is 17.1 Å². The Bertz CT molecular complexity index is 529. The van der Waals surface area contributed by atoms with Crippen LogP contribution in [-0.2, 0) is 6.54 Å². The molecule has 0 aliphatic carbocycles. The summed E-state index contributed by atoms with van der Waals surface area (Å²) in [6.07, 6.45) is 0. The number of hydrogen-bond acceptors (Lipinski definition) is 5.